The first kappa shape index (κ1) is 30.4. The Bertz CT molecular complexity index is 1730. The number of hydrogen-bond acceptors (Lipinski definition) is 7. The number of H-pyrrole nitrogens is 1. The van der Waals surface area contributed by atoms with Crippen molar-refractivity contribution in [1.29, 1.82) is 0 Å². The van der Waals surface area contributed by atoms with Crippen molar-refractivity contribution >= 4 is 31.5 Å². The number of morpholine rings is 1. The number of sulfone groups is 1. The largest absolute Gasteiger partial charge is 0.416 e. The molecule has 0 aliphatic carbocycles. The van der Waals surface area contributed by atoms with Gasteiger partial charge in [0.2, 0.25) is 10.0 Å². The van der Waals surface area contributed by atoms with E-state index in [1.54, 1.807) is 0 Å². The van der Waals surface area contributed by atoms with E-state index in [1.165, 1.54) is 37.3 Å². The van der Waals surface area contributed by atoms with Crippen LogP contribution in [0.4, 0.5) is 18.9 Å². The Morgan fingerprint density at radius 2 is 1.66 bits per heavy atom. The summed E-state index contributed by atoms with van der Waals surface area (Å²) in [4.78, 5) is 29.7. The maximum atomic E-state index is 13.8. The fraction of sp³-hybridized carbons (Fsp3) is 0.308. The van der Waals surface area contributed by atoms with Crippen LogP contribution in [0.15, 0.2) is 69.2 Å². The number of nitrogens with zero attached hydrogens (tertiary/aromatic N) is 2. The molecule has 1 aliphatic heterocycles. The topological polar surface area (TPSA) is 134 Å². The highest BCUT2D eigenvalue weighted by atomic mass is 32.2. The van der Waals surface area contributed by atoms with Crippen LogP contribution < -0.4 is 10.5 Å². The number of alkyl halides is 3. The molecule has 0 bridgehead atoms. The molecule has 0 saturated carbocycles. The summed E-state index contributed by atoms with van der Waals surface area (Å²) in [6.07, 6.45) is -3.73. The Kier molecular flexibility index (Phi) is 8.45. The zero-order valence-electron chi connectivity index (χ0n) is 21.9. The SMILES string of the molecule is Cc1[nH]c(=O)c(C(=O)N(Cc2ccc(S(C)(=O)=O)cc2)c2cccc(C(F)(F)F)c2)cc1S(=O)(=O)N1CCOCC1. The van der Waals surface area contributed by atoms with E-state index in [-0.39, 0.29) is 54.0 Å². The third kappa shape index (κ3) is 6.69. The van der Waals surface area contributed by atoms with Gasteiger partial charge in [0, 0.05) is 30.7 Å². The molecule has 4 rings (SSSR count). The number of aromatic amines is 1. The molecule has 41 heavy (non-hydrogen) atoms. The first-order chi connectivity index (χ1) is 19.1. The summed E-state index contributed by atoms with van der Waals surface area (Å²) in [7, 11) is -7.69. The number of hydrogen-bond donors (Lipinski definition) is 1. The number of aryl methyl sites for hydroxylation is 1. The molecule has 1 saturated heterocycles. The van der Waals surface area contributed by atoms with Crippen LogP contribution in [0.2, 0.25) is 0 Å². The van der Waals surface area contributed by atoms with Crippen molar-refractivity contribution in [3.8, 4) is 0 Å². The number of carbonyl (C=O) groups excluding carboxylic acids is 1. The fourth-order valence-corrected chi connectivity index (χ4v) is 6.50. The second-order valence-electron chi connectivity index (χ2n) is 9.37. The fourth-order valence-electron chi connectivity index (χ4n) is 4.26. The lowest BCUT2D eigenvalue weighted by Crippen LogP contribution is -2.41. The molecule has 15 heteroatoms. The third-order valence-corrected chi connectivity index (χ3v) is 9.58. The molecule has 10 nitrogen and oxygen atoms in total. The molecule has 1 aromatic heterocycles. The molecular weight excluding hydrogens is 587 g/mol. The zero-order chi connectivity index (χ0) is 30.2. The van der Waals surface area contributed by atoms with Crippen LogP contribution in [-0.2, 0) is 37.3 Å². The average molecular weight is 614 g/mol. The smallest absolute Gasteiger partial charge is 0.379 e. The van der Waals surface area contributed by atoms with Crippen molar-refractivity contribution in [2.45, 2.75) is 29.4 Å². The maximum absolute atomic E-state index is 13.8. The lowest BCUT2D eigenvalue weighted by molar-refractivity contribution is -0.137. The van der Waals surface area contributed by atoms with Crippen molar-refractivity contribution in [2.75, 3.05) is 37.5 Å². The second kappa shape index (κ2) is 11.4. The van der Waals surface area contributed by atoms with Crippen LogP contribution in [0.3, 0.4) is 0 Å². The normalized spacial score (nSPS) is 15.0. The first-order valence-electron chi connectivity index (χ1n) is 12.2. The van der Waals surface area contributed by atoms with Crippen LogP contribution in [0.25, 0.3) is 0 Å². The second-order valence-corrected chi connectivity index (χ2v) is 13.3. The highest BCUT2D eigenvalue weighted by Gasteiger charge is 2.33. The van der Waals surface area contributed by atoms with E-state index in [9.17, 15) is 39.6 Å². The number of halogens is 3. The number of amides is 1. The Morgan fingerprint density at radius 1 is 1.02 bits per heavy atom. The Balaban J connectivity index is 1.81. The molecule has 2 aromatic carbocycles. The summed E-state index contributed by atoms with van der Waals surface area (Å²) in [6.45, 7) is 1.44. The number of sulfonamides is 1. The number of carbonyl (C=O) groups is 1. The van der Waals surface area contributed by atoms with E-state index in [4.69, 9.17) is 4.74 Å². The first-order valence-corrected chi connectivity index (χ1v) is 15.5. The van der Waals surface area contributed by atoms with Gasteiger partial charge < -0.3 is 14.6 Å². The van der Waals surface area contributed by atoms with E-state index in [0.29, 0.717) is 5.56 Å². The van der Waals surface area contributed by atoms with Gasteiger partial charge >= 0.3 is 6.18 Å². The summed E-state index contributed by atoms with van der Waals surface area (Å²) < 4.78 is 97.2. The van der Waals surface area contributed by atoms with Gasteiger partial charge in [-0.25, -0.2) is 16.8 Å². The van der Waals surface area contributed by atoms with Gasteiger partial charge in [-0.2, -0.15) is 17.5 Å². The number of pyridine rings is 1. The van der Waals surface area contributed by atoms with Gasteiger partial charge in [-0.3, -0.25) is 9.59 Å². The average Bonchev–Trinajstić information content (AvgIpc) is 2.91. The predicted octanol–water partition coefficient (Wildman–Crippen LogP) is 2.97. The molecule has 220 valence electrons. The molecular formula is C26H26F3N3O7S2. The summed E-state index contributed by atoms with van der Waals surface area (Å²) in [5, 5.41) is 0. The monoisotopic (exact) mass is 613 g/mol. The summed E-state index contributed by atoms with van der Waals surface area (Å²) in [6, 6.07) is 10.2. The van der Waals surface area contributed by atoms with Crippen LogP contribution in [0.5, 0.6) is 0 Å². The van der Waals surface area contributed by atoms with Crippen LogP contribution in [0.1, 0.15) is 27.2 Å². The molecule has 0 spiro atoms. The molecule has 1 N–H and O–H groups in total. The van der Waals surface area contributed by atoms with Crippen molar-refractivity contribution in [3.05, 3.63) is 87.3 Å². The number of ether oxygens (including phenoxy) is 1. The quantitative estimate of drug-likeness (QED) is 0.433. The van der Waals surface area contributed by atoms with Crippen molar-refractivity contribution in [2.24, 2.45) is 0 Å². The number of aromatic nitrogens is 1. The van der Waals surface area contributed by atoms with Gasteiger partial charge in [-0.05, 0) is 48.9 Å². The Hall–Kier alpha value is -3.53. The molecule has 1 amide bonds. The molecule has 3 aromatic rings. The van der Waals surface area contributed by atoms with E-state index in [1.807, 2.05) is 0 Å². The van der Waals surface area contributed by atoms with E-state index in [2.05, 4.69) is 4.98 Å². The lowest BCUT2D eigenvalue weighted by Gasteiger charge is -2.27. The highest BCUT2D eigenvalue weighted by molar-refractivity contribution is 7.90. The predicted molar refractivity (Wildman–Crippen MR) is 143 cm³/mol. The standard InChI is InChI=1S/C26H26F3N3O7S2/c1-17-23(41(37,38)31-10-12-39-13-11-31)15-22(24(33)30-17)25(34)32(20-5-3-4-19(14-20)26(27,28)29)16-18-6-8-21(9-7-18)40(2,35)36/h3-9,14-15H,10-13,16H2,1-2H3,(H,30,33). The van der Waals surface area contributed by atoms with Crippen LogP contribution in [0, 0.1) is 6.92 Å². The van der Waals surface area contributed by atoms with Crippen molar-refractivity contribution in [3.63, 3.8) is 0 Å². The Morgan fingerprint density at radius 3 is 2.24 bits per heavy atom. The summed E-state index contributed by atoms with van der Waals surface area (Å²) in [5.74, 6) is -1.06. The van der Waals surface area contributed by atoms with Gasteiger partial charge in [-0.1, -0.05) is 18.2 Å². The lowest BCUT2D eigenvalue weighted by atomic mass is 10.1. The van der Waals surface area contributed by atoms with E-state index < -0.39 is 48.6 Å². The summed E-state index contributed by atoms with van der Waals surface area (Å²) in [5.41, 5.74) is -2.47. The van der Waals surface area contributed by atoms with Gasteiger partial charge in [0.15, 0.2) is 9.84 Å². The van der Waals surface area contributed by atoms with Gasteiger partial charge in [0.1, 0.15) is 10.5 Å². The van der Waals surface area contributed by atoms with Gasteiger partial charge in [0.25, 0.3) is 11.5 Å². The number of benzene rings is 2. The number of anilines is 1. The third-order valence-electron chi connectivity index (χ3n) is 6.43. The van der Waals surface area contributed by atoms with Crippen LogP contribution in [-0.4, -0.2) is 64.6 Å². The minimum atomic E-state index is -4.73. The van der Waals surface area contributed by atoms with Crippen LogP contribution >= 0.6 is 0 Å². The van der Waals surface area contributed by atoms with Crippen molar-refractivity contribution in [1.82, 2.24) is 9.29 Å². The van der Waals surface area contributed by atoms with E-state index >= 15 is 0 Å². The molecule has 0 radical (unpaired) electrons. The van der Waals surface area contributed by atoms with Gasteiger partial charge in [0.05, 0.1) is 30.2 Å². The summed E-state index contributed by atoms with van der Waals surface area (Å²) >= 11 is 0. The minimum Gasteiger partial charge on any atom is -0.379 e. The number of rotatable bonds is 7. The molecule has 0 atom stereocenters. The van der Waals surface area contributed by atoms with Crippen molar-refractivity contribution < 1.29 is 39.5 Å². The molecule has 1 aliphatic rings. The molecule has 1 fully saturated rings. The Labute approximate surface area is 234 Å². The van der Waals surface area contributed by atoms with E-state index in [0.717, 1.165) is 39.7 Å². The zero-order valence-corrected chi connectivity index (χ0v) is 23.6. The molecule has 2 heterocycles. The number of nitrogens with one attached hydrogen (secondary N) is 1. The minimum absolute atomic E-state index is 0.00821. The maximum Gasteiger partial charge on any atom is 0.416 e. The molecule has 0 unspecified atom stereocenters. The van der Waals surface area contributed by atoms with Gasteiger partial charge in [-0.15, -0.1) is 0 Å². The highest BCUT2D eigenvalue weighted by Crippen LogP contribution is 2.33.